The van der Waals surface area contributed by atoms with Crippen molar-refractivity contribution >= 4 is 21.8 Å². The second-order valence-corrected chi connectivity index (χ2v) is 6.08. The molecule has 1 aromatic heterocycles. The zero-order valence-electron chi connectivity index (χ0n) is 10.2. The highest BCUT2D eigenvalue weighted by Gasteiger charge is 2.41. The Labute approximate surface area is 115 Å². The summed E-state index contributed by atoms with van der Waals surface area (Å²) in [7, 11) is 0. The molecule has 98 valence electrons. The zero-order valence-corrected chi connectivity index (χ0v) is 11.8. The van der Waals surface area contributed by atoms with Crippen molar-refractivity contribution in [2.75, 3.05) is 6.61 Å². The lowest BCUT2D eigenvalue weighted by Gasteiger charge is -2.34. The number of aromatic nitrogens is 1. The molecule has 1 aromatic rings. The molecule has 5 heteroatoms. The van der Waals surface area contributed by atoms with Gasteiger partial charge in [-0.1, -0.05) is 15.9 Å². The summed E-state index contributed by atoms with van der Waals surface area (Å²) in [6.45, 7) is 1.01. The average Bonchev–Trinajstić information content (AvgIpc) is 3.08. The van der Waals surface area contributed by atoms with Crippen molar-refractivity contribution in [3.05, 3.63) is 23.5 Å². The first-order valence-electron chi connectivity index (χ1n) is 6.48. The molecular formula is C13H17BrN2O2. The van der Waals surface area contributed by atoms with Crippen molar-refractivity contribution in [1.82, 2.24) is 9.47 Å². The minimum atomic E-state index is 0.102. The second kappa shape index (κ2) is 4.70. The lowest BCUT2D eigenvalue weighted by atomic mass is 10.2. The molecule has 0 spiro atoms. The Morgan fingerprint density at radius 2 is 2.17 bits per heavy atom. The minimum Gasteiger partial charge on any atom is -0.396 e. The lowest BCUT2D eigenvalue weighted by molar-refractivity contribution is 0.0666. The first-order valence-corrected chi connectivity index (χ1v) is 7.40. The number of halogens is 1. The van der Waals surface area contributed by atoms with E-state index in [0.717, 1.165) is 43.6 Å². The number of amides is 1. The third kappa shape index (κ3) is 1.99. The predicted molar refractivity (Wildman–Crippen MR) is 71.7 cm³/mol. The van der Waals surface area contributed by atoms with Gasteiger partial charge in [-0.2, -0.15) is 0 Å². The van der Waals surface area contributed by atoms with E-state index in [-0.39, 0.29) is 17.5 Å². The topological polar surface area (TPSA) is 45.5 Å². The van der Waals surface area contributed by atoms with Crippen molar-refractivity contribution in [3.63, 3.8) is 0 Å². The molecule has 1 amide bonds. The van der Waals surface area contributed by atoms with Crippen LogP contribution in [-0.2, 0) is 13.0 Å². The van der Waals surface area contributed by atoms with Crippen LogP contribution in [0.4, 0.5) is 0 Å². The van der Waals surface area contributed by atoms with Gasteiger partial charge >= 0.3 is 0 Å². The molecule has 18 heavy (non-hydrogen) atoms. The SMILES string of the molecule is O=C1c2ccc(CCCO)n2CC(Br)N1C1CC1. The Balaban J connectivity index is 1.87. The van der Waals surface area contributed by atoms with Crippen LogP contribution in [0.3, 0.4) is 0 Å². The summed E-state index contributed by atoms with van der Waals surface area (Å²) in [5.41, 5.74) is 1.94. The number of alkyl halides is 1. The van der Waals surface area contributed by atoms with Gasteiger partial charge in [-0.25, -0.2) is 0 Å². The highest BCUT2D eigenvalue weighted by Crippen LogP contribution is 2.35. The van der Waals surface area contributed by atoms with Gasteiger partial charge in [0.15, 0.2) is 0 Å². The summed E-state index contributed by atoms with van der Waals surface area (Å²) in [5.74, 6) is 0.140. The summed E-state index contributed by atoms with van der Waals surface area (Å²) in [5, 5.41) is 8.90. The van der Waals surface area contributed by atoms with Crippen LogP contribution < -0.4 is 0 Å². The van der Waals surface area contributed by atoms with E-state index in [1.54, 1.807) is 0 Å². The smallest absolute Gasteiger partial charge is 0.271 e. The van der Waals surface area contributed by atoms with Gasteiger partial charge in [-0.05, 0) is 37.8 Å². The summed E-state index contributed by atoms with van der Waals surface area (Å²) >= 11 is 3.63. The summed E-state index contributed by atoms with van der Waals surface area (Å²) < 4.78 is 2.09. The van der Waals surface area contributed by atoms with E-state index in [2.05, 4.69) is 20.5 Å². The molecule has 1 aliphatic heterocycles. The van der Waals surface area contributed by atoms with Gasteiger partial charge < -0.3 is 14.6 Å². The molecule has 0 saturated heterocycles. The quantitative estimate of drug-likeness (QED) is 0.680. The van der Waals surface area contributed by atoms with Crippen molar-refractivity contribution in [2.24, 2.45) is 0 Å². The molecule has 1 N–H and O–H groups in total. The molecule has 1 fully saturated rings. The van der Waals surface area contributed by atoms with Crippen LogP contribution in [0, 0.1) is 0 Å². The number of carbonyl (C=O) groups excluding carboxylic acids is 1. The maximum absolute atomic E-state index is 12.4. The lowest BCUT2D eigenvalue weighted by Crippen LogP contribution is -2.46. The number of rotatable bonds is 4. The van der Waals surface area contributed by atoms with E-state index >= 15 is 0 Å². The van der Waals surface area contributed by atoms with E-state index in [4.69, 9.17) is 5.11 Å². The number of aliphatic hydroxyl groups is 1. The molecule has 1 saturated carbocycles. The maximum atomic E-state index is 12.4. The molecule has 1 unspecified atom stereocenters. The fourth-order valence-electron chi connectivity index (χ4n) is 2.64. The van der Waals surface area contributed by atoms with Crippen molar-refractivity contribution < 1.29 is 9.90 Å². The maximum Gasteiger partial charge on any atom is 0.271 e. The van der Waals surface area contributed by atoms with E-state index in [1.807, 2.05) is 17.0 Å². The largest absolute Gasteiger partial charge is 0.396 e. The molecule has 4 nitrogen and oxygen atoms in total. The van der Waals surface area contributed by atoms with Gasteiger partial charge in [0.05, 0.1) is 6.54 Å². The zero-order chi connectivity index (χ0) is 12.7. The Morgan fingerprint density at radius 3 is 2.83 bits per heavy atom. The van der Waals surface area contributed by atoms with Crippen LogP contribution >= 0.6 is 15.9 Å². The predicted octanol–water partition coefficient (Wildman–Crippen LogP) is 1.75. The molecule has 3 rings (SSSR count). The van der Waals surface area contributed by atoms with Gasteiger partial charge in [0.2, 0.25) is 0 Å². The minimum absolute atomic E-state index is 0.102. The van der Waals surface area contributed by atoms with E-state index in [0.29, 0.717) is 6.04 Å². The van der Waals surface area contributed by atoms with Crippen molar-refractivity contribution in [3.8, 4) is 0 Å². The van der Waals surface area contributed by atoms with Crippen LogP contribution in [0.15, 0.2) is 12.1 Å². The van der Waals surface area contributed by atoms with E-state index < -0.39 is 0 Å². The summed E-state index contributed by atoms with van der Waals surface area (Å²) in [6.07, 6.45) is 3.84. The molecule has 2 aliphatic rings. The van der Waals surface area contributed by atoms with Crippen molar-refractivity contribution in [1.29, 1.82) is 0 Å². The first-order chi connectivity index (χ1) is 8.72. The standard InChI is InChI=1S/C13H17BrN2O2/c14-12-8-15-9(2-1-7-17)5-6-11(15)13(18)16(12)10-3-4-10/h5-6,10,12,17H,1-4,7-8H2. The highest BCUT2D eigenvalue weighted by atomic mass is 79.9. The fourth-order valence-corrected chi connectivity index (χ4v) is 3.45. The Bertz CT molecular complexity index is 468. The molecule has 2 heterocycles. The first kappa shape index (κ1) is 12.2. The average molecular weight is 313 g/mol. The molecule has 1 aliphatic carbocycles. The Morgan fingerprint density at radius 1 is 1.39 bits per heavy atom. The second-order valence-electron chi connectivity index (χ2n) is 5.03. The third-order valence-electron chi connectivity index (χ3n) is 3.69. The number of hydrogen-bond donors (Lipinski definition) is 1. The third-order valence-corrected chi connectivity index (χ3v) is 4.42. The number of fused-ring (bicyclic) bond motifs is 1. The number of aliphatic hydroxyl groups excluding tert-OH is 1. The van der Waals surface area contributed by atoms with Crippen LogP contribution in [0.2, 0.25) is 0 Å². The van der Waals surface area contributed by atoms with Gasteiger partial charge in [-0.15, -0.1) is 0 Å². The Kier molecular flexibility index (Phi) is 3.20. The molecule has 0 bridgehead atoms. The van der Waals surface area contributed by atoms with Gasteiger partial charge in [0.1, 0.15) is 10.6 Å². The summed E-state index contributed by atoms with van der Waals surface area (Å²) in [4.78, 5) is 14.5. The Hall–Kier alpha value is -0.810. The van der Waals surface area contributed by atoms with Gasteiger partial charge in [0, 0.05) is 18.3 Å². The van der Waals surface area contributed by atoms with Crippen LogP contribution in [0.25, 0.3) is 0 Å². The number of aryl methyl sites for hydroxylation is 1. The molecule has 0 radical (unpaired) electrons. The van der Waals surface area contributed by atoms with Crippen molar-refractivity contribution in [2.45, 2.75) is 43.2 Å². The summed E-state index contributed by atoms with van der Waals surface area (Å²) in [6, 6.07) is 4.37. The van der Waals surface area contributed by atoms with Gasteiger partial charge in [-0.3, -0.25) is 4.79 Å². The molecule has 1 atom stereocenters. The number of carbonyl (C=O) groups is 1. The molecule has 0 aromatic carbocycles. The van der Waals surface area contributed by atoms with E-state index in [1.165, 1.54) is 0 Å². The fraction of sp³-hybridized carbons (Fsp3) is 0.615. The number of hydrogen-bond acceptors (Lipinski definition) is 2. The van der Waals surface area contributed by atoms with Gasteiger partial charge in [0.25, 0.3) is 5.91 Å². The molecular weight excluding hydrogens is 296 g/mol. The normalized spacial score (nSPS) is 23.3. The number of nitrogens with zero attached hydrogens (tertiary/aromatic N) is 2. The monoisotopic (exact) mass is 312 g/mol. The van der Waals surface area contributed by atoms with Crippen LogP contribution in [-0.4, -0.2) is 38.1 Å². The van der Waals surface area contributed by atoms with Crippen LogP contribution in [0.1, 0.15) is 35.4 Å². The van der Waals surface area contributed by atoms with Crippen LogP contribution in [0.5, 0.6) is 0 Å². The highest BCUT2D eigenvalue weighted by molar-refractivity contribution is 9.09. The van der Waals surface area contributed by atoms with E-state index in [9.17, 15) is 4.79 Å².